The van der Waals surface area contributed by atoms with E-state index in [-0.39, 0.29) is 40.4 Å². The van der Waals surface area contributed by atoms with Crippen molar-refractivity contribution >= 4 is 37.1 Å². The molecule has 0 spiro atoms. The highest BCUT2D eigenvalue weighted by atomic mass is 35.5. The second-order valence-corrected chi connectivity index (χ2v) is 17.1. The zero-order valence-corrected chi connectivity index (χ0v) is 27.3. The van der Waals surface area contributed by atoms with Crippen molar-refractivity contribution in [2.45, 2.75) is 65.2 Å². The highest BCUT2D eigenvalue weighted by Crippen LogP contribution is 2.54. The molecule has 2 aliphatic carbocycles. The number of halogens is 2. The van der Waals surface area contributed by atoms with Gasteiger partial charge in [-0.05, 0) is 86.2 Å². The predicted molar refractivity (Wildman–Crippen MR) is 173 cm³/mol. The molecule has 2 fully saturated rings. The molecule has 0 N–H and O–H groups in total. The van der Waals surface area contributed by atoms with Crippen LogP contribution in [0.3, 0.4) is 0 Å². The number of benzene rings is 4. The molecule has 234 valence electrons. The minimum atomic E-state index is -4.10. The first-order chi connectivity index (χ1) is 21.4. The molecule has 0 amide bonds. The van der Waals surface area contributed by atoms with Gasteiger partial charge in [0, 0.05) is 29.2 Å². The third kappa shape index (κ3) is 5.88. The number of carbonyl (C=O) groups is 1. The fourth-order valence-electron chi connectivity index (χ4n) is 7.44. The molecular weight excluding hydrogens is 631 g/mol. The molecule has 0 radical (unpaired) electrons. The van der Waals surface area contributed by atoms with Crippen LogP contribution in [0.4, 0.5) is 4.39 Å². The second kappa shape index (κ2) is 12.1. The highest BCUT2D eigenvalue weighted by Gasteiger charge is 2.56. The Morgan fingerprint density at radius 3 is 1.89 bits per heavy atom. The van der Waals surface area contributed by atoms with Crippen molar-refractivity contribution in [2.75, 3.05) is 0 Å². The molecule has 9 heteroatoms. The molecule has 0 heterocycles. The van der Waals surface area contributed by atoms with Crippen LogP contribution < -0.4 is 0 Å². The molecule has 4 aromatic rings. The van der Waals surface area contributed by atoms with Gasteiger partial charge in [-0.1, -0.05) is 77.3 Å². The Labute approximate surface area is 269 Å². The lowest BCUT2D eigenvalue weighted by atomic mass is 9.61. The second-order valence-electron chi connectivity index (χ2n) is 12.4. The topological polar surface area (TPSA) is 85.3 Å². The number of fused-ring (bicyclic) bond motifs is 1. The molecule has 6 atom stereocenters. The summed E-state index contributed by atoms with van der Waals surface area (Å²) in [5, 5.41) is -1.71. The van der Waals surface area contributed by atoms with E-state index < -0.39 is 59.7 Å². The maximum atomic E-state index is 15.4. The maximum absolute atomic E-state index is 15.4. The van der Waals surface area contributed by atoms with Gasteiger partial charge in [0.2, 0.25) is 0 Å². The Balaban J connectivity index is 1.52. The van der Waals surface area contributed by atoms with Gasteiger partial charge < -0.3 is 0 Å². The van der Waals surface area contributed by atoms with Gasteiger partial charge in [0.1, 0.15) is 11.6 Å². The van der Waals surface area contributed by atoms with Gasteiger partial charge in [-0.15, -0.1) is 0 Å². The van der Waals surface area contributed by atoms with Crippen LogP contribution in [0.15, 0.2) is 107 Å². The van der Waals surface area contributed by atoms with E-state index in [0.717, 1.165) is 11.1 Å². The lowest BCUT2D eigenvalue weighted by Crippen LogP contribution is -2.53. The van der Waals surface area contributed by atoms with Crippen molar-refractivity contribution < 1.29 is 26.0 Å². The lowest BCUT2D eigenvalue weighted by molar-refractivity contribution is -0.128. The van der Waals surface area contributed by atoms with Crippen LogP contribution in [0.5, 0.6) is 0 Å². The van der Waals surface area contributed by atoms with Crippen molar-refractivity contribution in [2.24, 2.45) is 11.8 Å². The zero-order chi connectivity index (χ0) is 32.1. The standard InChI is InChI=1S/C36H34ClFO5S2/c1-22-10-14-26(15-11-22)44(40,41)35-21-30-31(19-29(35)24-6-5-7-25(37)18-24)36(45(42,43)27-16-12-23(2)13-17-27)32(20-34(30)39)28-8-3-4-9-33(28)38/h3-18,29-32,35-36H,19-21H2,1-2H3/t29-,30+,31-,32-,35?,36?/m0/s1. The first kappa shape index (κ1) is 31.6. The molecule has 0 aliphatic heterocycles. The summed E-state index contributed by atoms with van der Waals surface area (Å²) in [5.41, 5.74) is 2.64. The zero-order valence-electron chi connectivity index (χ0n) is 24.9. The molecule has 4 aromatic carbocycles. The first-order valence-corrected chi connectivity index (χ1v) is 18.5. The largest absolute Gasteiger partial charge is 0.299 e. The maximum Gasteiger partial charge on any atom is 0.182 e. The summed E-state index contributed by atoms with van der Waals surface area (Å²) in [6.07, 6.45) is -0.134. The van der Waals surface area contributed by atoms with Crippen LogP contribution in [0, 0.1) is 31.5 Å². The Morgan fingerprint density at radius 1 is 0.689 bits per heavy atom. The van der Waals surface area contributed by atoms with E-state index >= 15 is 4.39 Å². The third-order valence-corrected chi connectivity index (χ3v) is 14.5. The minimum absolute atomic E-state index is 0.0409. The van der Waals surface area contributed by atoms with Gasteiger partial charge in [0.25, 0.3) is 0 Å². The van der Waals surface area contributed by atoms with E-state index in [9.17, 15) is 21.6 Å². The Kier molecular flexibility index (Phi) is 8.52. The summed E-state index contributed by atoms with van der Waals surface area (Å²) in [5.74, 6) is -3.98. The van der Waals surface area contributed by atoms with Crippen molar-refractivity contribution in [3.8, 4) is 0 Å². The number of aryl methyl sites for hydroxylation is 2. The average Bonchev–Trinajstić information content (AvgIpc) is 3.01. The van der Waals surface area contributed by atoms with Crippen LogP contribution in [0.25, 0.3) is 0 Å². The average molecular weight is 665 g/mol. The van der Waals surface area contributed by atoms with Gasteiger partial charge in [0.05, 0.1) is 20.3 Å². The number of hydrogen-bond donors (Lipinski definition) is 0. The molecule has 0 saturated heterocycles. The van der Waals surface area contributed by atoms with Gasteiger partial charge >= 0.3 is 0 Å². The number of Topliss-reactive ketones (excluding diaryl/α,β-unsaturated/α-hetero) is 1. The summed E-state index contributed by atoms with van der Waals surface area (Å²) in [6, 6.07) is 26.1. The fourth-order valence-corrected chi connectivity index (χ4v) is 11.9. The van der Waals surface area contributed by atoms with E-state index in [1.165, 1.54) is 12.1 Å². The van der Waals surface area contributed by atoms with Crippen molar-refractivity contribution in [1.29, 1.82) is 0 Å². The number of carbonyl (C=O) groups excluding carboxylic acids is 1. The number of hydrogen-bond acceptors (Lipinski definition) is 5. The van der Waals surface area contributed by atoms with E-state index in [2.05, 4.69) is 0 Å². The Morgan fingerprint density at radius 2 is 1.29 bits per heavy atom. The Bertz CT molecular complexity index is 1960. The molecule has 0 bridgehead atoms. The van der Waals surface area contributed by atoms with Crippen LogP contribution in [-0.2, 0) is 24.5 Å². The summed E-state index contributed by atoms with van der Waals surface area (Å²) in [7, 11) is -8.05. The smallest absolute Gasteiger partial charge is 0.182 e. The molecule has 45 heavy (non-hydrogen) atoms. The Hall–Kier alpha value is -3.33. The van der Waals surface area contributed by atoms with E-state index in [1.54, 1.807) is 84.9 Å². The summed E-state index contributed by atoms with van der Waals surface area (Å²) >= 11 is 6.39. The van der Waals surface area contributed by atoms with Crippen LogP contribution >= 0.6 is 11.6 Å². The minimum Gasteiger partial charge on any atom is -0.299 e. The van der Waals surface area contributed by atoms with Crippen LogP contribution in [0.1, 0.15) is 53.4 Å². The molecule has 2 aliphatic rings. The molecule has 2 saturated carbocycles. The van der Waals surface area contributed by atoms with E-state index in [1.807, 2.05) is 13.8 Å². The van der Waals surface area contributed by atoms with Crippen molar-refractivity contribution in [3.63, 3.8) is 0 Å². The number of ketones is 1. The molecular formula is C36H34ClFO5S2. The summed E-state index contributed by atoms with van der Waals surface area (Å²) in [6.45, 7) is 3.73. The first-order valence-electron chi connectivity index (χ1n) is 15.0. The molecule has 5 nitrogen and oxygen atoms in total. The van der Waals surface area contributed by atoms with Gasteiger partial charge in [-0.2, -0.15) is 0 Å². The lowest BCUT2D eigenvalue weighted by Gasteiger charge is -2.48. The van der Waals surface area contributed by atoms with Crippen molar-refractivity contribution in [3.05, 3.63) is 130 Å². The fraction of sp³-hybridized carbons (Fsp3) is 0.306. The van der Waals surface area contributed by atoms with E-state index in [4.69, 9.17) is 11.6 Å². The van der Waals surface area contributed by atoms with Crippen LogP contribution in [-0.4, -0.2) is 33.1 Å². The normalized spacial score (nSPS) is 25.5. The quantitative estimate of drug-likeness (QED) is 0.211. The predicted octanol–water partition coefficient (Wildman–Crippen LogP) is 7.65. The highest BCUT2D eigenvalue weighted by molar-refractivity contribution is 7.92. The van der Waals surface area contributed by atoms with Gasteiger partial charge in [0.15, 0.2) is 19.7 Å². The van der Waals surface area contributed by atoms with Gasteiger partial charge in [-0.25, -0.2) is 21.2 Å². The SMILES string of the molecule is Cc1ccc(S(=O)(=O)C2C[C@H]3C(=O)C[C@@H](c4ccccc4F)C(S(=O)(=O)c4ccc(C)cc4)[C@H]3C[C@H]2c2cccc(Cl)c2)cc1. The van der Waals surface area contributed by atoms with Gasteiger partial charge in [-0.3, -0.25) is 4.79 Å². The van der Waals surface area contributed by atoms with Crippen LogP contribution in [0.2, 0.25) is 5.02 Å². The summed E-state index contributed by atoms with van der Waals surface area (Å²) < 4.78 is 73.2. The number of sulfone groups is 2. The third-order valence-electron chi connectivity index (χ3n) is 9.67. The monoisotopic (exact) mass is 664 g/mol. The molecule has 6 rings (SSSR count). The summed E-state index contributed by atoms with van der Waals surface area (Å²) in [4.78, 5) is 14.2. The molecule has 0 aromatic heterocycles. The number of rotatable bonds is 6. The van der Waals surface area contributed by atoms with Crippen molar-refractivity contribution in [1.82, 2.24) is 0 Å². The van der Waals surface area contributed by atoms with E-state index in [0.29, 0.717) is 10.6 Å². The molecule has 2 unspecified atom stereocenters.